The Labute approximate surface area is 146 Å². The SMILES string of the molecule is CCC(CCCC(CO)N1CCNCC1)c1ccc(C#N)c(C)c1. The molecule has 0 aliphatic carbocycles. The summed E-state index contributed by atoms with van der Waals surface area (Å²) >= 11 is 0. The molecule has 4 nitrogen and oxygen atoms in total. The highest BCUT2D eigenvalue weighted by Gasteiger charge is 2.20. The summed E-state index contributed by atoms with van der Waals surface area (Å²) in [6, 6.07) is 8.77. The van der Waals surface area contributed by atoms with E-state index in [-0.39, 0.29) is 6.61 Å². The molecule has 2 rings (SSSR count). The molecule has 1 aliphatic heterocycles. The predicted octanol–water partition coefficient (Wildman–Crippen LogP) is 2.80. The van der Waals surface area contributed by atoms with Crippen molar-refractivity contribution in [2.24, 2.45) is 0 Å². The van der Waals surface area contributed by atoms with Crippen LogP contribution in [-0.2, 0) is 0 Å². The van der Waals surface area contributed by atoms with Crippen molar-refractivity contribution < 1.29 is 5.11 Å². The molecule has 132 valence electrons. The highest BCUT2D eigenvalue weighted by Crippen LogP contribution is 2.27. The zero-order chi connectivity index (χ0) is 17.4. The third kappa shape index (κ3) is 5.04. The number of piperazine rings is 1. The van der Waals surface area contributed by atoms with E-state index >= 15 is 0 Å². The molecule has 2 atom stereocenters. The Bertz CT molecular complexity index is 546. The predicted molar refractivity (Wildman–Crippen MR) is 98.1 cm³/mol. The van der Waals surface area contributed by atoms with Gasteiger partial charge >= 0.3 is 0 Å². The molecule has 2 unspecified atom stereocenters. The normalized spacial score (nSPS) is 18.1. The minimum Gasteiger partial charge on any atom is -0.395 e. The van der Waals surface area contributed by atoms with Gasteiger partial charge in [-0.3, -0.25) is 4.90 Å². The van der Waals surface area contributed by atoms with E-state index in [0.29, 0.717) is 12.0 Å². The maximum absolute atomic E-state index is 9.72. The summed E-state index contributed by atoms with van der Waals surface area (Å²) in [5, 5.41) is 22.2. The molecule has 1 aliphatic rings. The molecule has 0 amide bonds. The van der Waals surface area contributed by atoms with Crippen LogP contribution < -0.4 is 5.32 Å². The first kappa shape index (κ1) is 18.9. The Hall–Kier alpha value is -1.41. The largest absolute Gasteiger partial charge is 0.395 e. The van der Waals surface area contributed by atoms with Crippen molar-refractivity contribution in [2.45, 2.75) is 51.5 Å². The van der Waals surface area contributed by atoms with E-state index in [9.17, 15) is 5.11 Å². The van der Waals surface area contributed by atoms with Crippen LogP contribution in [-0.4, -0.2) is 48.8 Å². The second-order valence-electron chi connectivity index (χ2n) is 6.84. The zero-order valence-electron chi connectivity index (χ0n) is 15.1. The maximum Gasteiger partial charge on any atom is 0.0994 e. The van der Waals surface area contributed by atoms with E-state index in [4.69, 9.17) is 5.26 Å². The number of nitrogens with zero attached hydrogens (tertiary/aromatic N) is 2. The first-order valence-electron chi connectivity index (χ1n) is 9.25. The molecule has 0 saturated carbocycles. The fourth-order valence-electron chi connectivity index (χ4n) is 3.71. The van der Waals surface area contributed by atoms with Crippen LogP contribution in [0.15, 0.2) is 18.2 Å². The van der Waals surface area contributed by atoms with Gasteiger partial charge in [0.05, 0.1) is 18.2 Å². The van der Waals surface area contributed by atoms with Crippen LogP contribution in [0.1, 0.15) is 55.2 Å². The van der Waals surface area contributed by atoms with Crippen molar-refractivity contribution in [1.29, 1.82) is 5.26 Å². The molecular formula is C20H31N3O. The van der Waals surface area contributed by atoms with Gasteiger partial charge in [0.1, 0.15) is 0 Å². The maximum atomic E-state index is 9.72. The second-order valence-corrected chi connectivity index (χ2v) is 6.84. The van der Waals surface area contributed by atoms with Gasteiger partial charge in [0.2, 0.25) is 0 Å². The van der Waals surface area contributed by atoms with Crippen molar-refractivity contribution >= 4 is 0 Å². The van der Waals surface area contributed by atoms with E-state index in [1.54, 1.807) is 0 Å². The van der Waals surface area contributed by atoms with Gasteiger partial charge in [-0.25, -0.2) is 0 Å². The van der Waals surface area contributed by atoms with E-state index < -0.39 is 0 Å². The Kier molecular flexibility index (Phi) is 7.71. The molecule has 0 radical (unpaired) electrons. The van der Waals surface area contributed by atoms with Gasteiger partial charge in [-0.15, -0.1) is 0 Å². The number of aliphatic hydroxyl groups is 1. The summed E-state index contributed by atoms with van der Waals surface area (Å²) in [6.45, 7) is 8.64. The highest BCUT2D eigenvalue weighted by atomic mass is 16.3. The summed E-state index contributed by atoms with van der Waals surface area (Å²) in [6.07, 6.45) is 4.45. The average molecular weight is 329 g/mol. The van der Waals surface area contributed by atoms with Crippen LogP contribution in [0.25, 0.3) is 0 Å². The van der Waals surface area contributed by atoms with Crippen LogP contribution >= 0.6 is 0 Å². The molecule has 1 aromatic carbocycles. The lowest BCUT2D eigenvalue weighted by Crippen LogP contribution is -2.49. The van der Waals surface area contributed by atoms with Gasteiger partial charge in [-0.2, -0.15) is 5.26 Å². The number of hydrogen-bond donors (Lipinski definition) is 2. The summed E-state index contributed by atoms with van der Waals surface area (Å²) in [7, 11) is 0. The molecule has 0 bridgehead atoms. The number of aryl methyl sites for hydroxylation is 1. The van der Waals surface area contributed by atoms with Gasteiger partial charge in [-0.05, 0) is 49.3 Å². The summed E-state index contributed by atoms with van der Waals surface area (Å²) in [4.78, 5) is 2.42. The van der Waals surface area contributed by atoms with Crippen molar-refractivity contribution in [3.05, 3.63) is 34.9 Å². The lowest BCUT2D eigenvalue weighted by atomic mass is 9.88. The first-order chi connectivity index (χ1) is 11.7. The summed E-state index contributed by atoms with van der Waals surface area (Å²) in [5.41, 5.74) is 3.19. The topological polar surface area (TPSA) is 59.3 Å². The Morgan fingerprint density at radius 3 is 2.62 bits per heavy atom. The molecule has 24 heavy (non-hydrogen) atoms. The number of nitriles is 1. The number of rotatable bonds is 8. The number of nitrogens with one attached hydrogen (secondary N) is 1. The number of benzene rings is 1. The molecular weight excluding hydrogens is 298 g/mol. The third-order valence-corrected chi connectivity index (χ3v) is 5.30. The zero-order valence-corrected chi connectivity index (χ0v) is 15.1. The van der Waals surface area contributed by atoms with Crippen molar-refractivity contribution in [3.63, 3.8) is 0 Å². The quantitative estimate of drug-likeness (QED) is 0.770. The molecule has 1 saturated heterocycles. The molecule has 0 spiro atoms. The van der Waals surface area contributed by atoms with E-state index in [1.165, 1.54) is 5.56 Å². The highest BCUT2D eigenvalue weighted by molar-refractivity contribution is 5.40. The van der Waals surface area contributed by atoms with Gasteiger partial charge < -0.3 is 10.4 Å². The fraction of sp³-hybridized carbons (Fsp3) is 0.650. The first-order valence-corrected chi connectivity index (χ1v) is 9.25. The van der Waals surface area contributed by atoms with Crippen LogP contribution in [0.3, 0.4) is 0 Å². The molecule has 1 fully saturated rings. The molecule has 2 N–H and O–H groups in total. The van der Waals surface area contributed by atoms with Gasteiger partial charge in [0.25, 0.3) is 0 Å². The van der Waals surface area contributed by atoms with Crippen LogP contribution in [0, 0.1) is 18.3 Å². The minimum absolute atomic E-state index is 0.257. The fourth-order valence-corrected chi connectivity index (χ4v) is 3.71. The van der Waals surface area contributed by atoms with Crippen LogP contribution in [0.2, 0.25) is 0 Å². The number of aliphatic hydroxyl groups excluding tert-OH is 1. The third-order valence-electron chi connectivity index (χ3n) is 5.30. The van der Waals surface area contributed by atoms with Gasteiger partial charge in [0, 0.05) is 32.2 Å². The monoisotopic (exact) mass is 329 g/mol. The van der Waals surface area contributed by atoms with Gasteiger partial charge in [-0.1, -0.05) is 25.5 Å². The van der Waals surface area contributed by atoms with Crippen LogP contribution in [0.5, 0.6) is 0 Å². The standard InChI is InChI=1S/C20H31N3O/c1-3-17(18-7-8-19(14-21)16(2)13-18)5-4-6-20(15-24)23-11-9-22-10-12-23/h7-8,13,17,20,22,24H,3-6,9-12,15H2,1-2H3. The molecule has 0 aromatic heterocycles. The van der Waals surface area contributed by atoms with Gasteiger partial charge in [0.15, 0.2) is 0 Å². The van der Waals surface area contributed by atoms with Crippen molar-refractivity contribution in [2.75, 3.05) is 32.8 Å². The second kappa shape index (κ2) is 9.78. The van der Waals surface area contributed by atoms with E-state index in [0.717, 1.165) is 63.0 Å². The average Bonchev–Trinajstić information content (AvgIpc) is 2.62. The molecule has 1 heterocycles. The van der Waals surface area contributed by atoms with E-state index in [2.05, 4.69) is 35.3 Å². The molecule has 4 heteroatoms. The minimum atomic E-state index is 0.257. The molecule has 1 aromatic rings. The van der Waals surface area contributed by atoms with E-state index in [1.807, 2.05) is 13.0 Å². The Morgan fingerprint density at radius 1 is 1.29 bits per heavy atom. The Balaban J connectivity index is 1.88. The van der Waals surface area contributed by atoms with Crippen molar-refractivity contribution in [3.8, 4) is 6.07 Å². The number of hydrogen-bond acceptors (Lipinski definition) is 4. The lowest BCUT2D eigenvalue weighted by Gasteiger charge is -2.34. The smallest absolute Gasteiger partial charge is 0.0994 e. The lowest BCUT2D eigenvalue weighted by molar-refractivity contribution is 0.102. The Morgan fingerprint density at radius 2 is 2.04 bits per heavy atom. The van der Waals surface area contributed by atoms with Crippen molar-refractivity contribution in [1.82, 2.24) is 10.2 Å². The summed E-state index contributed by atoms with van der Waals surface area (Å²) in [5.74, 6) is 0.541. The van der Waals surface area contributed by atoms with Crippen LogP contribution in [0.4, 0.5) is 0 Å². The summed E-state index contributed by atoms with van der Waals surface area (Å²) < 4.78 is 0.